The molecule has 148 valence electrons. The largest absolute Gasteiger partial charge is 0.343 e. The molecule has 1 aromatic heterocycles. The number of benzene rings is 2. The maximum Gasteiger partial charge on any atom is 0.270 e. The van der Waals surface area contributed by atoms with Crippen molar-refractivity contribution in [2.75, 3.05) is 6.54 Å². The zero-order valence-corrected chi connectivity index (χ0v) is 16.4. The smallest absolute Gasteiger partial charge is 0.270 e. The quantitative estimate of drug-likeness (QED) is 0.498. The lowest BCUT2D eigenvalue weighted by Gasteiger charge is -2.04. The molecule has 9 heteroatoms. The molecular weight excluding hydrogens is 392 g/mol. The highest BCUT2D eigenvalue weighted by molar-refractivity contribution is 7.07. The monoisotopic (exact) mass is 410 g/mol. The molecule has 1 heterocycles. The molecule has 0 saturated heterocycles. The number of nitro benzene ring substituents is 1. The van der Waals surface area contributed by atoms with E-state index in [2.05, 4.69) is 10.3 Å². The first-order valence-corrected chi connectivity index (χ1v) is 9.60. The standard InChI is InChI=1S/C20H18N4O4S/c1-14-5-7-15(8-6-14)13-23-9-10-29-20(23)22-18(25)12-21-19(26)16-3-2-4-17(11-16)24(27)28/h2-11H,12-13H2,1H3,(H,21,26). The van der Waals surface area contributed by atoms with Gasteiger partial charge in [-0.05, 0) is 18.6 Å². The van der Waals surface area contributed by atoms with E-state index in [0.29, 0.717) is 11.3 Å². The minimum atomic E-state index is -0.582. The van der Waals surface area contributed by atoms with E-state index in [1.807, 2.05) is 47.3 Å². The van der Waals surface area contributed by atoms with Crippen LogP contribution in [0.15, 0.2) is 65.1 Å². The molecule has 0 aliphatic heterocycles. The summed E-state index contributed by atoms with van der Waals surface area (Å²) in [5.41, 5.74) is 2.17. The molecule has 1 N–H and O–H groups in total. The van der Waals surface area contributed by atoms with Gasteiger partial charge in [0.05, 0.1) is 11.5 Å². The van der Waals surface area contributed by atoms with Crippen LogP contribution in [-0.2, 0) is 11.3 Å². The topological polar surface area (TPSA) is 107 Å². The van der Waals surface area contributed by atoms with Crippen molar-refractivity contribution >= 4 is 28.8 Å². The molecular formula is C20H18N4O4S. The minimum absolute atomic E-state index is 0.109. The number of aromatic nitrogens is 1. The van der Waals surface area contributed by atoms with Gasteiger partial charge in [0.15, 0.2) is 4.80 Å². The van der Waals surface area contributed by atoms with Gasteiger partial charge in [-0.2, -0.15) is 4.99 Å². The van der Waals surface area contributed by atoms with Crippen LogP contribution in [0.2, 0.25) is 0 Å². The normalized spacial score (nSPS) is 11.3. The lowest BCUT2D eigenvalue weighted by atomic mass is 10.1. The molecule has 0 aliphatic rings. The third kappa shape index (κ3) is 5.45. The number of amides is 2. The van der Waals surface area contributed by atoms with E-state index in [4.69, 9.17) is 0 Å². The van der Waals surface area contributed by atoms with E-state index in [-0.39, 0.29) is 17.8 Å². The number of carbonyl (C=O) groups excluding carboxylic acids is 2. The second-order valence-electron chi connectivity index (χ2n) is 6.29. The lowest BCUT2D eigenvalue weighted by molar-refractivity contribution is -0.384. The van der Waals surface area contributed by atoms with Crippen LogP contribution in [0.1, 0.15) is 21.5 Å². The molecule has 0 fully saturated rings. The van der Waals surface area contributed by atoms with Crippen molar-refractivity contribution in [2.45, 2.75) is 13.5 Å². The highest BCUT2D eigenvalue weighted by Crippen LogP contribution is 2.12. The number of hydrogen-bond acceptors (Lipinski definition) is 5. The molecule has 2 aromatic carbocycles. The fourth-order valence-corrected chi connectivity index (χ4v) is 3.31. The van der Waals surface area contributed by atoms with Gasteiger partial charge in [-0.3, -0.25) is 19.7 Å². The molecule has 0 spiro atoms. The van der Waals surface area contributed by atoms with Crippen LogP contribution in [-0.4, -0.2) is 27.8 Å². The summed E-state index contributed by atoms with van der Waals surface area (Å²) in [5.74, 6) is -1.08. The lowest BCUT2D eigenvalue weighted by Crippen LogP contribution is -2.30. The second kappa shape index (κ2) is 9.07. The van der Waals surface area contributed by atoms with Crippen molar-refractivity contribution in [2.24, 2.45) is 4.99 Å². The Labute approximate surface area is 170 Å². The molecule has 0 saturated carbocycles. The summed E-state index contributed by atoms with van der Waals surface area (Å²) in [4.78, 5) is 39.1. The van der Waals surface area contributed by atoms with Crippen LogP contribution < -0.4 is 10.1 Å². The Bertz CT molecular complexity index is 1120. The number of non-ortho nitro benzene ring substituents is 1. The van der Waals surface area contributed by atoms with Gasteiger partial charge in [0, 0.05) is 35.8 Å². The first-order valence-electron chi connectivity index (χ1n) is 8.72. The summed E-state index contributed by atoms with van der Waals surface area (Å²) in [6.45, 7) is 2.29. The number of thiazole rings is 1. The SMILES string of the molecule is Cc1ccc(Cn2ccsc2=NC(=O)CNC(=O)c2cccc([N+](=O)[O-])c2)cc1. The summed E-state index contributed by atoms with van der Waals surface area (Å²) < 4.78 is 1.86. The molecule has 0 unspecified atom stereocenters. The maximum atomic E-state index is 12.2. The van der Waals surface area contributed by atoms with Gasteiger partial charge < -0.3 is 9.88 Å². The first kappa shape index (κ1) is 20.2. The minimum Gasteiger partial charge on any atom is -0.343 e. The van der Waals surface area contributed by atoms with Crippen molar-refractivity contribution in [3.05, 3.63) is 91.7 Å². The number of nitro groups is 1. The third-order valence-electron chi connectivity index (χ3n) is 4.07. The van der Waals surface area contributed by atoms with E-state index in [1.165, 1.54) is 35.1 Å². The first-order chi connectivity index (χ1) is 13.9. The second-order valence-corrected chi connectivity index (χ2v) is 7.17. The molecule has 2 amide bonds. The number of nitrogens with zero attached hydrogens (tertiary/aromatic N) is 3. The van der Waals surface area contributed by atoms with Crippen LogP contribution in [0, 0.1) is 17.0 Å². The molecule has 0 atom stereocenters. The molecule has 3 rings (SSSR count). The van der Waals surface area contributed by atoms with Crippen molar-refractivity contribution in [1.82, 2.24) is 9.88 Å². The molecule has 0 aliphatic carbocycles. The van der Waals surface area contributed by atoms with Crippen LogP contribution in [0.25, 0.3) is 0 Å². The van der Waals surface area contributed by atoms with Crippen LogP contribution >= 0.6 is 11.3 Å². The van der Waals surface area contributed by atoms with Crippen molar-refractivity contribution in [3.8, 4) is 0 Å². The summed E-state index contributed by atoms with van der Waals surface area (Å²) in [6.07, 6.45) is 1.85. The van der Waals surface area contributed by atoms with E-state index in [0.717, 1.165) is 11.6 Å². The van der Waals surface area contributed by atoms with Gasteiger partial charge in [0.25, 0.3) is 17.5 Å². The number of carbonyl (C=O) groups is 2. The van der Waals surface area contributed by atoms with E-state index < -0.39 is 16.7 Å². The van der Waals surface area contributed by atoms with Crippen molar-refractivity contribution in [1.29, 1.82) is 0 Å². The predicted molar refractivity (Wildman–Crippen MR) is 109 cm³/mol. The average Bonchev–Trinajstić information content (AvgIpc) is 3.14. The van der Waals surface area contributed by atoms with E-state index in [1.54, 1.807) is 0 Å². The van der Waals surface area contributed by atoms with Gasteiger partial charge in [-0.15, -0.1) is 11.3 Å². The fourth-order valence-electron chi connectivity index (χ4n) is 2.56. The van der Waals surface area contributed by atoms with Crippen LogP contribution in [0.3, 0.4) is 0 Å². The maximum absolute atomic E-state index is 12.2. The Morgan fingerprint density at radius 3 is 2.69 bits per heavy atom. The van der Waals surface area contributed by atoms with Crippen molar-refractivity contribution < 1.29 is 14.5 Å². The van der Waals surface area contributed by atoms with Gasteiger partial charge in [-0.25, -0.2) is 0 Å². The zero-order chi connectivity index (χ0) is 20.8. The van der Waals surface area contributed by atoms with E-state index >= 15 is 0 Å². The molecule has 29 heavy (non-hydrogen) atoms. The number of aryl methyl sites for hydroxylation is 1. The Balaban J connectivity index is 1.65. The fraction of sp³-hybridized carbons (Fsp3) is 0.150. The summed E-state index contributed by atoms with van der Waals surface area (Å²) in [6, 6.07) is 13.4. The highest BCUT2D eigenvalue weighted by atomic mass is 32.1. The van der Waals surface area contributed by atoms with Crippen LogP contribution in [0.4, 0.5) is 5.69 Å². The molecule has 0 radical (unpaired) electrons. The third-order valence-corrected chi connectivity index (χ3v) is 4.87. The number of hydrogen-bond donors (Lipinski definition) is 1. The van der Waals surface area contributed by atoms with Gasteiger partial charge in [0.2, 0.25) is 0 Å². The van der Waals surface area contributed by atoms with Gasteiger partial charge in [0.1, 0.15) is 0 Å². The number of rotatable bonds is 6. The molecule has 0 bridgehead atoms. The summed E-state index contributed by atoms with van der Waals surface area (Å²) in [7, 11) is 0. The predicted octanol–water partition coefficient (Wildman–Crippen LogP) is 2.67. The Hall–Kier alpha value is -3.59. The van der Waals surface area contributed by atoms with E-state index in [9.17, 15) is 19.7 Å². The molecule has 3 aromatic rings. The average molecular weight is 410 g/mol. The summed E-state index contributed by atoms with van der Waals surface area (Å²) in [5, 5.41) is 15.1. The highest BCUT2D eigenvalue weighted by Gasteiger charge is 2.12. The Kier molecular flexibility index (Phi) is 6.30. The van der Waals surface area contributed by atoms with Gasteiger partial charge in [-0.1, -0.05) is 35.9 Å². The zero-order valence-electron chi connectivity index (χ0n) is 15.6. The summed E-state index contributed by atoms with van der Waals surface area (Å²) >= 11 is 1.32. The van der Waals surface area contributed by atoms with Gasteiger partial charge >= 0.3 is 0 Å². The van der Waals surface area contributed by atoms with Crippen molar-refractivity contribution in [3.63, 3.8) is 0 Å². The Morgan fingerprint density at radius 1 is 1.21 bits per heavy atom. The number of nitrogens with one attached hydrogen (secondary N) is 1. The van der Waals surface area contributed by atoms with Crippen LogP contribution in [0.5, 0.6) is 0 Å². The molecule has 8 nitrogen and oxygen atoms in total. The Morgan fingerprint density at radius 2 is 1.97 bits per heavy atom.